The van der Waals surface area contributed by atoms with Gasteiger partial charge in [0.1, 0.15) is 0 Å². The summed E-state index contributed by atoms with van der Waals surface area (Å²) in [6.45, 7) is 3.44. The van der Waals surface area contributed by atoms with E-state index in [2.05, 4.69) is 61.6 Å². The summed E-state index contributed by atoms with van der Waals surface area (Å²) in [4.78, 5) is 2.23. The molecule has 17 heavy (non-hydrogen) atoms. The van der Waals surface area contributed by atoms with Crippen LogP contribution in [0, 0.1) is 0 Å². The second kappa shape index (κ2) is 7.75. The molecule has 1 rings (SSSR count). The van der Waals surface area contributed by atoms with Gasteiger partial charge in [-0.05, 0) is 26.7 Å². The van der Waals surface area contributed by atoms with Crippen LogP contribution < -0.4 is 5.32 Å². The Hall–Kier alpha value is -0.510. The van der Waals surface area contributed by atoms with E-state index in [9.17, 15) is 0 Å². The van der Waals surface area contributed by atoms with Crippen molar-refractivity contribution in [1.29, 1.82) is 0 Å². The van der Waals surface area contributed by atoms with Crippen molar-refractivity contribution in [1.82, 2.24) is 10.2 Å². The number of hydrogen-bond acceptors (Lipinski definition) is 3. The van der Waals surface area contributed by atoms with Crippen molar-refractivity contribution in [2.75, 3.05) is 33.4 Å². The molecule has 0 aliphatic carbocycles. The van der Waals surface area contributed by atoms with Crippen molar-refractivity contribution in [3.8, 4) is 0 Å². The lowest BCUT2D eigenvalue weighted by molar-refractivity contribution is 0.437. The third-order valence-corrected chi connectivity index (χ3v) is 4.07. The van der Waals surface area contributed by atoms with E-state index in [1.807, 2.05) is 18.8 Å². The minimum Gasteiger partial charge on any atom is -0.312 e. The van der Waals surface area contributed by atoms with E-state index in [1.54, 1.807) is 0 Å². The van der Waals surface area contributed by atoms with Gasteiger partial charge < -0.3 is 10.2 Å². The quantitative estimate of drug-likeness (QED) is 0.803. The van der Waals surface area contributed by atoms with Crippen LogP contribution in [-0.4, -0.2) is 43.6 Å². The van der Waals surface area contributed by atoms with Gasteiger partial charge in [0.05, 0.1) is 0 Å². The predicted octanol–water partition coefficient (Wildman–Crippen LogP) is 2.63. The van der Waals surface area contributed by atoms with Gasteiger partial charge in [0.15, 0.2) is 0 Å². The SMILES string of the molecule is CNC(c1ccccc1)C(C)SCCN(C)C. The summed E-state index contributed by atoms with van der Waals surface area (Å²) in [5.74, 6) is 1.18. The molecule has 0 aliphatic rings. The standard InChI is InChI=1S/C14H24N2S/c1-12(17-11-10-16(3)4)14(15-2)13-8-6-5-7-9-13/h5-9,12,14-15H,10-11H2,1-4H3. The van der Waals surface area contributed by atoms with Crippen LogP contribution in [0.4, 0.5) is 0 Å². The molecular formula is C14H24N2S. The van der Waals surface area contributed by atoms with Crippen LogP contribution in [0.25, 0.3) is 0 Å². The molecule has 2 unspecified atom stereocenters. The Kier molecular flexibility index (Phi) is 6.63. The summed E-state index contributed by atoms with van der Waals surface area (Å²) < 4.78 is 0. The molecule has 0 heterocycles. The number of nitrogens with zero attached hydrogens (tertiary/aromatic N) is 1. The van der Waals surface area contributed by atoms with Gasteiger partial charge in [-0.3, -0.25) is 0 Å². The largest absolute Gasteiger partial charge is 0.312 e. The molecule has 1 aromatic carbocycles. The Morgan fingerprint density at radius 3 is 2.41 bits per heavy atom. The van der Waals surface area contributed by atoms with Gasteiger partial charge in [-0.2, -0.15) is 11.8 Å². The number of rotatable bonds is 7. The minimum atomic E-state index is 0.434. The van der Waals surface area contributed by atoms with Crippen LogP contribution in [0.3, 0.4) is 0 Å². The van der Waals surface area contributed by atoms with E-state index in [1.165, 1.54) is 11.3 Å². The zero-order valence-corrected chi connectivity index (χ0v) is 12.1. The average Bonchev–Trinajstić information content (AvgIpc) is 2.31. The van der Waals surface area contributed by atoms with E-state index < -0.39 is 0 Å². The van der Waals surface area contributed by atoms with E-state index in [0.29, 0.717) is 11.3 Å². The van der Waals surface area contributed by atoms with Crippen molar-refractivity contribution < 1.29 is 0 Å². The van der Waals surface area contributed by atoms with E-state index in [4.69, 9.17) is 0 Å². The third-order valence-electron chi connectivity index (χ3n) is 2.86. The summed E-state index contributed by atoms with van der Waals surface area (Å²) in [6, 6.07) is 11.1. The molecule has 0 saturated carbocycles. The van der Waals surface area contributed by atoms with Crippen molar-refractivity contribution in [2.45, 2.75) is 18.2 Å². The first-order chi connectivity index (χ1) is 8.15. The molecule has 0 radical (unpaired) electrons. The van der Waals surface area contributed by atoms with Crippen molar-refractivity contribution in [3.05, 3.63) is 35.9 Å². The summed E-state index contributed by atoms with van der Waals surface area (Å²) in [7, 11) is 6.29. The highest BCUT2D eigenvalue weighted by atomic mass is 32.2. The highest BCUT2D eigenvalue weighted by Crippen LogP contribution is 2.25. The Balaban J connectivity index is 2.50. The summed E-state index contributed by atoms with van der Waals surface area (Å²) >= 11 is 2.03. The third kappa shape index (κ3) is 5.11. The monoisotopic (exact) mass is 252 g/mol. The number of benzene rings is 1. The maximum Gasteiger partial charge on any atom is 0.0435 e. The smallest absolute Gasteiger partial charge is 0.0435 e. The topological polar surface area (TPSA) is 15.3 Å². The van der Waals surface area contributed by atoms with Crippen LogP contribution in [-0.2, 0) is 0 Å². The van der Waals surface area contributed by atoms with Crippen molar-refractivity contribution >= 4 is 11.8 Å². The fourth-order valence-electron chi connectivity index (χ4n) is 1.85. The predicted molar refractivity (Wildman–Crippen MR) is 78.7 cm³/mol. The van der Waals surface area contributed by atoms with Crippen LogP contribution in [0.15, 0.2) is 30.3 Å². The normalized spacial score (nSPS) is 14.9. The maximum absolute atomic E-state index is 3.42. The highest BCUT2D eigenvalue weighted by molar-refractivity contribution is 7.99. The molecular weight excluding hydrogens is 228 g/mol. The molecule has 2 atom stereocenters. The summed E-state index contributed by atoms with van der Waals surface area (Å²) in [5.41, 5.74) is 1.37. The minimum absolute atomic E-state index is 0.434. The lowest BCUT2D eigenvalue weighted by Crippen LogP contribution is -2.26. The average molecular weight is 252 g/mol. The molecule has 0 aromatic heterocycles. The number of thioether (sulfide) groups is 1. The van der Waals surface area contributed by atoms with Gasteiger partial charge in [-0.1, -0.05) is 37.3 Å². The number of nitrogens with one attached hydrogen (secondary N) is 1. The molecule has 96 valence electrons. The molecule has 2 nitrogen and oxygen atoms in total. The Morgan fingerprint density at radius 2 is 1.88 bits per heavy atom. The molecule has 0 amide bonds. The first-order valence-electron chi connectivity index (χ1n) is 6.13. The lowest BCUT2D eigenvalue weighted by Gasteiger charge is -2.24. The van der Waals surface area contributed by atoms with Gasteiger partial charge >= 0.3 is 0 Å². The van der Waals surface area contributed by atoms with Gasteiger partial charge in [-0.25, -0.2) is 0 Å². The molecule has 0 fully saturated rings. The van der Waals surface area contributed by atoms with Crippen molar-refractivity contribution in [2.24, 2.45) is 0 Å². The van der Waals surface area contributed by atoms with Crippen molar-refractivity contribution in [3.63, 3.8) is 0 Å². The molecule has 0 spiro atoms. The van der Waals surface area contributed by atoms with E-state index >= 15 is 0 Å². The second-order valence-electron chi connectivity index (χ2n) is 4.56. The highest BCUT2D eigenvalue weighted by Gasteiger charge is 2.17. The zero-order chi connectivity index (χ0) is 12.7. The first-order valence-corrected chi connectivity index (χ1v) is 7.18. The van der Waals surface area contributed by atoms with Gasteiger partial charge in [0.25, 0.3) is 0 Å². The van der Waals surface area contributed by atoms with Gasteiger partial charge in [-0.15, -0.1) is 0 Å². The lowest BCUT2D eigenvalue weighted by atomic mass is 10.0. The van der Waals surface area contributed by atoms with E-state index in [0.717, 1.165) is 6.54 Å². The fourth-order valence-corrected chi connectivity index (χ4v) is 3.18. The molecule has 3 heteroatoms. The fraction of sp³-hybridized carbons (Fsp3) is 0.571. The molecule has 0 saturated heterocycles. The molecule has 0 bridgehead atoms. The van der Waals surface area contributed by atoms with Crippen LogP contribution >= 0.6 is 11.8 Å². The molecule has 1 N–H and O–H groups in total. The summed E-state index contributed by atoms with van der Waals surface area (Å²) in [5, 5.41) is 4.01. The second-order valence-corrected chi connectivity index (χ2v) is 6.04. The molecule has 0 aliphatic heterocycles. The Morgan fingerprint density at radius 1 is 1.24 bits per heavy atom. The van der Waals surface area contributed by atoms with Crippen LogP contribution in [0.5, 0.6) is 0 Å². The summed E-state index contributed by atoms with van der Waals surface area (Å²) in [6.07, 6.45) is 0. The Bertz CT molecular complexity index is 300. The maximum atomic E-state index is 3.42. The zero-order valence-electron chi connectivity index (χ0n) is 11.3. The van der Waals surface area contributed by atoms with Crippen LogP contribution in [0.1, 0.15) is 18.5 Å². The van der Waals surface area contributed by atoms with E-state index in [-0.39, 0.29) is 0 Å². The first kappa shape index (κ1) is 14.6. The van der Waals surface area contributed by atoms with Gasteiger partial charge in [0.2, 0.25) is 0 Å². The van der Waals surface area contributed by atoms with Crippen LogP contribution in [0.2, 0.25) is 0 Å². The van der Waals surface area contributed by atoms with Gasteiger partial charge in [0, 0.05) is 23.6 Å². The Labute approximate surface area is 110 Å². The number of hydrogen-bond donors (Lipinski definition) is 1. The molecule has 1 aromatic rings.